The van der Waals surface area contributed by atoms with Gasteiger partial charge >= 0.3 is 5.76 Å². The molecule has 86 valence electrons. The van der Waals surface area contributed by atoms with Crippen LogP contribution in [0.2, 0.25) is 0 Å². The zero-order valence-corrected chi connectivity index (χ0v) is 9.22. The number of rotatable bonds is 1. The van der Waals surface area contributed by atoms with E-state index in [4.69, 9.17) is 4.42 Å². The predicted molar refractivity (Wildman–Crippen MR) is 60.9 cm³/mol. The van der Waals surface area contributed by atoms with Gasteiger partial charge in [0.1, 0.15) is 0 Å². The van der Waals surface area contributed by atoms with Crippen molar-refractivity contribution in [2.75, 3.05) is 0 Å². The third kappa shape index (κ3) is 1.24. The summed E-state index contributed by atoms with van der Waals surface area (Å²) in [6.45, 7) is 0. The number of nitrogens with zero attached hydrogens (tertiary/aromatic N) is 1. The van der Waals surface area contributed by atoms with Crippen LogP contribution in [0.4, 0.5) is 0 Å². The van der Waals surface area contributed by atoms with E-state index in [1.807, 2.05) is 0 Å². The molecule has 0 aliphatic heterocycles. The lowest BCUT2D eigenvalue weighted by Gasteiger charge is -2.13. The van der Waals surface area contributed by atoms with Gasteiger partial charge in [0, 0.05) is 5.92 Å². The SMILES string of the molecule is O=c1[nH]nc(C2C3CCc4ccccc4C32)o1. The van der Waals surface area contributed by atoms with Gasteiger partial charge in [0.05, 0.1) is 0 Å². The Balaban J connectivity index is 1.75. The first kappa shape index (κ1) is 9.22. The van der Waals surface area contributed by atoms with Crippen molar-refractivity contribution in [3.8, 4) is 0 Å². The van der Waals surface area contributed by atoms with E-state index in [-0.39, 0.29) is 0 Å². The summed E-state index contributed by atoms with van der Waals surface area (Å²) in [6.07, 6.45) is 2.30. The van der Waals surface area contributed by atoms with Crippen LogP contribution in [-0.4, -0.2) is 10.2 Å². The van der Waals surface area contributed by atoms with Gasteiger partial charge in [-0.2, -0.15) is 0 Å². The highest BCUT2D eigenvalue weighted by Crippen LogP contribution is 2.64. The number of aromatic amines is 1. The number of hydrogen-bond acceptors (Lipinski definition) is 3. The Morgan fingerprint density at radius 2 is 2.18 bits per heavy atom. The first-order valence-electron chi connectivity index (χ1n) is 5.98. The molecule has 0 saturated heterocycles. The lowest BCUT2D eigenvalue weighted by atomic mass is 9.92. The molecule has 4 heteroatoms. The first-order valence-corrected chi connectivity index (χ1v) is 5.98. The van der Waals surface area contributed by atoms with Gasteiger partial charge in [0.15, 0.2) is 0 Å². The molecule has 2 aliphatic carbocycles. The molecule has 1 N–H and O–H groups in total. The minimum absolute atomic E-state index is 0.303. The third-order valence-electron chi connectivity index (χ3n) is 4.07. The lowest BCUT2D eigenvalue weighted by Crippen LogP contribution is -2.00. The standard InChI is InChI=1S/C13H12N2O2/c16-13-15-14-12(17-13)11-9-6-5-7-3-1-2-4-8(7)10(9)11/h1-4,9-11H,5-6H2,(H,15,16). The van der Waals surface area contributed by atoms with Crippen LogP contribution < -0.4 is 5.76 Å². The lowest BCUT2D eigenvalue weighted by molar-refractivity contribution is 0.454. The van der Waals surface area contributed by atoms with Crippen LogP contribution >= 0.6 is 0 Å². The van der Waals surface area contributed by atoms with Gasteiger partial charge in [-0.05, 0) is 35.8 Å². The fraction of sp³-hybridized carbons (Fsp3) is 0.385. The highest BCUT2D eigenvalue weighted by Gasteiger charge is 2.56. The van der Waals surface area contributed by atoms with Crippen molar-refractivity contribution >= 4 is 0 Å². The van der Waals surface area contributed by atoms with Crippen LogP contribution in [0.3, 0.4) is 0 Å². The molecule has 3 atom stereocenters. The van der Waals surface area contributed by atoms with Gasteiger partial charge in [-0.1, -0.05) is 24.3 Å². The fourth-order valence-electron chi connectivity index (χ4n) is 3.29. The molecule has 1 aromatic heterocycles. The van der Waals surface area contributed by atoms with Gasteiger partial charge in [-0.3, -0.25) is 0 Å². The van der Waals surface area contributed by atoms with Crippen LogP contribution in [-0.2, 0) is 6.42 Å². The predicted octanol–water partition coefficient (Wildman–Crippen LogP) is 1.81. The average Bonchev–Trinajstić information content (AvgIpc) is 2.96. The van der Waals surface area contributed by atoms with Gasteiger partial charge < -0.3 is 4.42 Å². The van der Waals surface area contributed by atoms with E-state index in [0.29, 0.717) is 23.6 Å². The van der Waals surface area contributed by atoms with Crippen molar-refractivity contribution in [2.45, 2.75) is 24.7 Å². The van der Waals surface area contributed by atoms with E-state index in [2.05, 4.69) is 34.5 Å². The molecule has 0 bridgehead atoms. The minimum atomic E-state index is -0.447. The number of aryl methyl sites for hydroxylation is 1. The van der Waals surface area contributed by atoms with Crippen LogP contribution in [0, 0.1) is 5.92 Å². The summed E-state index contributed by atoms with van der Waals surface area (Å²) >= 11 is 0. The van der Waals surface area contributed by atoms with Crippen molar-refractivity contribution in [3.63, 3.8) is 0 Å². The summed E-state index contributed by atoms with van der Waals surface area (Å²) in [4.78, 5) is 11.0. The molecule has 17 heavy (non-hydrogen) atoms. The second-order valence-electron chi connectivity index (χ2n) is 4.90. The van der Waals surface area contributed by atoms with E-state index in [1.165, 1.54) is 17.5 Å². The molecular formula is C13H12N2O2. The Kier molecular flexibility index (Phi) is 1.68. The van der Waals surface area contributed by atoms with Gasteiger partial charge in [0.25, 0.3) is 0 Å². The summed E-state index contributed by atoms with van der Waals surface area (Å²) < 4.78 is 5.09. The Bertz CT molecular complexity index is 628. The minimum Gasteiger partial charge on any atom is -0.392 e. The number of benzene rings is 1. The number of aromatic nitrogens is 2. The molecule has 4 nitrogen and oxygen atoms in total. The molecule has 2 aromatic rings. The maximum Gasteiger partial charge on any atom is 0.434 e. The summed E-state index contributed by atoms with van der Waals surface area (Å²) in [5.74, 6) is 1.55. The Labute approximate surface area is 97.7 Å². The van der Waals surface area contributed by atoms with Gasteiger partial charge in [-0.25, -0.2) is 9.89 Å². The van der Waals surface area contributed by atoms with Crippen LogP contribution in [0.15, 0.2) is 33.5 Å². The summed E-state index contributed by atoms with van der Waals surface area (Å²) in [6, 6.07) is 8.56. The van der Waals surface area contributed by atoms with E-state index >= 15 is 0 Å². The second-order valence-corrected chi connectivity index (χ2v) is 4.90. The van der Waals surface area contributed by atoms with Crippen molar-refractivity contribution < 1.29 is 4.42 Å². The number of H-pyrrole nitrogens is 1. The highest BCUT2D eigenvalue weighted by atomic mass is 16.4. The Morgan fingerprint density at radius 3 is 3.00 bits per heavy atom. The smallest absolute Gasteiger partial charge is 0.392 e. The normalized spacial score (nSPS) is 29.5. The maximum absolute atomic E-state index is 11.0. The van der Waals surface area contributed by atoms with Crippen LogP contribution in [0.5, 0.6) is 0 Å². The molecule has 4 rings (SSSR count). The largest absolute Gasteiger partial charge is 0.434 e. The average molecular weight is 228 g/mol. The third-order valence-corrected chi connectivity index (χ3v) is 4.07. The maximum atomic E-state index is 11.0. The fourth-order valence-corrected chi connectivity index (χ4v) is 3.29. The molecule has 2 aliphatic rings. The van der Waals surface area contributed by atoms with Crippen molar-refractivity contribution in [1.29, 1.82) is 0 Å². The Hall–Kier alpha value is -1.84. The second kappa shape index (κ2) is 3.09. The number of hydrogen-bond donors (Lipinski definition) is 1. The van der Waals surface area contributed by atoms with Gasteiger partial charge in [0.2, 0.25) is 5.89 Å². The molecule has 0 radical (unpaired) electrons. The summed E-state index contributed by atoms with van der Waals surface area (Å²) in [5.41, 5.74) is 2.86. The zero-order valence-electron chi connectivity index (χ0n) is 9.22. The molecule has 0 amide bonds. The molecule has 1 heterocycles. The molecular weight excluding hydrogens is 216 g/mol. The van der Waals surface area contributed by atoms with Crippen molar-refractivity contribution in [3.05, 3.63) is 51.8 Å². The molecule has 3 unspecified atom stereocenters. The molecule has 1 fully saturated rings. The van der Waals surface area contributed by atoms with E-state index < -0.39 is 5.76 Å². The van der Waals surface area contributed by atoms with E-state index in [0.717, 1.165) is 6.42 Å². The first-order chi connectivity index (χ1) is 8.34. The van der Waals surface area contributed by atoms with Gasteiger partial charge in [-0.15, -0.1) is 5.10 Å². The summed E-state index contributed by atoms with van der Waals surface area (Å²) in [7, 11) is 0. The van der Waals surface area contributed by atoms with Crippen LogP contribution in [0.25, 0.3) is 0 Å². The number of fused-ring (bicyclic) bond motifs is 3. The monoisotopic (exact) mass is 228 g/mol. The number of nitrogens with one attached hydrogen (secondary N) is 1. The van der Waals surface area contributed by atoms with Crippen molar-refractivity contribution in [2.24, 2.45) is 5.92 Å². The van der Waals surface area contributed by atoms with Crippen molar-refractivity contribution in [1.82, 2.24) is 10.2 Å². The zero-order chi connectivity index (χ0) is 11.4. The highest BCUT2D eigenvalue weighted by molar-refractivity contribution is 5.42. The molecule has 0 spiro atoms. The molecule has 1 aromatic carbocycles. The van der Waals surface area contributed by atoms with E-state index in [1.54, 1.807) is 0 Å². The van der Waals surface area contributed by atoms with E-state index in [9.17, 15) is 4.79 Å². The molecule has 1 saturated carbocycles. The topological polar surface area (TPSA) is 58.9 Å². The summed E-state index contributed by atoms with van der Waals surface area (Å²) in [5, 5.41) is 6.32. The Morgan fingerprint density at radius 1 is 1.29 bits per heavy atom. The quantitative estimate of drug-likeness (QED) is 0.809. The van der Waals surface area contributed by atoms with Crippen LogP contribution in [0.1, 0.15) is 35.3 Å².